The fourth-order valence-corrected chi connectivity index (χ4v) is 3.09. The maximum Gasteiger partial charge on any atom is 0.344 e. The molecule has 1 aromatic heterocycles. The van der Waals surface area contributed by atoms with E-state index in [0.29, 0.717) is 24.7 Å². The molecule has 0 aliphatic rings. The van der Waals surface area contributed by atoms with Crippen molar-refractivity contribution in [2.75, 3.05) is 13.2 Å². The minimum Gasteiger partial charge on any atom is -0.465 e. The van der Waals surface area contributed by atoms with Gasteiger partial charge in [-0.3, -0.25) is 0 Å². The molecule has 0 unspecified atom stereocenters. The van der Waals surface area contributed by atoms with Gasteiger partial charge in [0.05, 0.1) is 17.5 Å². The third-order valence-electron chi connectivity index (χ3n) is 2.68. The number of ether oxygens (including phenoxy) is 2. The fourth-order valence-electron chi connectivity index (χ4n) is 1.77. The largest absolute Gasteiger partial charge is 0.465 e. The van der Waals surface area contributed by atoms with E-state index in [4.69, 9.17) is 9.47 Å². The van der Waals surface area contributed by atoms with Crippen LogP contribution >= 0.6 is 31.9 Å². The Hall–Kier alpha value is -1.21. The number of hydrogen-bond donors (Lipinski definition) is 0. The Balaban J connectivity index is 2.42. The van der Waals surface area contributed by atoms with Gasteiger partial charge < -0.3 is 9.47 Å². The van der Waals surface area contributed by atoms with Gasteiger partial charge in [0.2, 0.25) is 5.88 Å². The van der Waals surface area contributed by atoms with Crippen molar-refractivity contribution in [3.8, 4) is 5.88 Å². The molecule has 0 atom stereocenters. The Bertz CT molecular complexity index is 677. The van der Waals surface area contributed by atoms with Crippen molar-refractivity contribution >= 4 is 48.7 Å². The van der Waals surface area contributed by atoms with E-state index in [0.717, 1.165) is 19.8 Å². The molecular formula is C14H14Br2N2O3. The monoisotopic (exact) mass is 416 g/mol. The second-order valence-electron chi connectivity index (χ2n) is 4.18. The highest BCUT2D eigenvalue weighted by Gasteiger charge is 2.13. The van der Waals surface area contributed by atoms with E-state index >= 15 is 0 Å². The average Bonchev–Trinajstić information content (AvgIpc) is 2.45. The van der Waals surface area contributed by atoms with Crippen LogP contribution in [-0.2, 0) is 16.0 Å². The van der Waals surface area contributed by atoms with Crippen LogP contribution in [0.1, 0.15) is 19.7 Å². The highest BCUT2D eigenvalue weighted by molar-refractivity contribution is 9.11. The third kappa shape index (κ3) is 3.91. The van der Waals surface area contributed by atoms with Gasteiger partial charge in [0, 0.05) is 15.4 Å². The SMILES string of the molecule is CCOC(=O)COc1nc(CC)nc2c(Br)cc(Br)cc12. The Kier molecular flexibility index (Phi) is 5.52. The van der Waals surface area contributed by atoms with E-state index in [2.05, 4.69) is 41.8 Å². The number of hydrogen-bond acceptors (Lipinski definition) is 5. The molecule has 2 rings (SSSR count). The summed E-state index contributed by atoms with van der Waals surface area (Å²) in [6.07, 6.45) is 0.675. The zero-order valence-electron chi connectivity index (χ0n) is 11.7. The first kappa shape index (κ1) is 16.2. The molecule has 0 fully saturated rings. The molecule has 0 N–H and O–H groups in total. The second kappa shape index (κ2) is 7.17. The number of rotatable bonds is 5. The maximum absolute atomic E-state index is 11.4. The average molecular weight is 418 g/mol. The number of fused-ring (bicyclic) bond motifs is 1. The number of aromatic nitrogens is 2. The highest BCUT2D eigenvalue weighted by Crippen LogP contribution is 2.32. The number of aryl methyl sites for hydroxylation is 1. The molecule has 2 aromatic rings. The van der Waals surface area contributed by atoms with Crippen LogP contribution < -0.4 is 4.74 Å². The zero-order valence-corrected chi connectivity index (χ0v) is 14.8. The van der Waals surface area contributed by atoms with Gasteiger partial charge in [-0.05, 0) is 35.0 Å². The number of benzene rings is 1. The Morgan fingerprint density at radius 3 is 2.67 bits per heavy atom. The van der Waals surface area contributed by atoms with Gasteiger partial charge in [-0.2, -0.15) is 4.98 Å². The minimum absolute atomic E-state index is 0.173. The molecule has 0 amide bonds. The lowest BCUT2D eigenvalue weighted by atomic mass is 10.2. The van der Waals surface area contributed by atoms with Crippen LogP contribution in [0, 0.1) is 0 Å². The lowest BCUT2D eigenvalue weighted by molar-refractivity contribution is -0.145. The minimum atomic E-state index is -0.420. The summed E-state index contributed by atoms with van der Waals surface area (Å²) in [5.74, 6) is 0.618. The predicted molar refractivity (Wildman–Crippen MR) is 86.4 cm³/mol. The summed E-state index contributed by atoms with van der Waals surface area (Å²) in [4.78, 5) is 20.3. The van der Waals surface area contributed by atoms with Gasteiger partial charge in [0.15, 0.2) is 6.61 Å². The van der Waals surface area contributed by atoms with Gasteiger partial charge in [0.25, 0.3) is 0 Å². The van der Waals surface area contributed by atoms with E-state index in [9.17, 15) is 4.79 Å². The van der Waals surface area contributed by atoms with Crippen LogP contribution in [0.3, 0.4) is 0 Å². The molecule has 21 heavy (non-hydrogen) atoms. The van der Waals surface area contributed by atoms with Crippen molar-refractivity contribution in [3.05, 3.63) is 26.9 Å². The van der Waals surface area contributed by atoms with E-state index in [-0.39, 0.29) is 6.61 Å². The first-order valence-electron chi connectivity index (χ1n) is 6.49. The summed E-state index contributed by atoms with van der Waals surface area (Å²) in [6, 6.07) is 3.77. The summed E-state index contributed by atoms with van der Waals surface area (Å²) in [5.41, 5.74) is 0.754. The van der Waals surface area contributed by atoms with E-state index < -0.39 is 5.97 Å². The molecule has 0 aliphatic carbocycles. The molecule has 1 heterocycles. The van der Waals surface area contributed by atoms with Crippen LogP contribution in [0.5, 0.6) is 5.88 Å². The van der Waals surface area contributed by atoms with E-state index in [1.54, 1.807) is 6.92 Å². The van der Waals surface area contributed by atoms with Crippen molar-refractivity contribution in [1.29, 1.82) is 0 Å². The van der Waals surface area contributed by atoms with Gasteiger partial charge in [-0.1, -0.05) is 22.9 Å². The van der Waals surface area contributed by atoms with Crippen LogP contribution in [0.25, 0.3) is 10.9 Å². The van der Waals surface area contributed by atoms with E-state index in [1.807, 2.05) is 19.1 Å². The molecule has 0 saturated heterocycles. The highest BCUT2D eigenvalue weighted by atomic mass is 79.9. The fraction of sp³-hybridized carbons (Fsp3) is 0.357. The quantitative estimate of drug-likeness (QED) is 0.694. The molecule has 0 saturated carbocycles. The van der Waals surface area contributed by atoms with Crippen LogP contribution in [0.4, 0.5) is 0 Å². The molecule has 112 valence electrons. The molecule has 5 nitrogen and oxygen atoms in total. The van der Waals surface area contributed by atoms with Crippen LogP contribution in [-0.4, -0.2) is 29.2 Å². The van der Waals surface area contributed by atoms with Crippen molar-refractivity contribution in [3.63, 3.8) is 0 Å². The number of halogens is 2. The molecule has 7 heteroatoms. The number of esters is 1. The van der Waals surface area contributed by atoms with Crippen LogP contribution in [0.15, 0.2) is 21.1 Å². The topological polar surface area (TPSA) is 61.3 Å². The lowest BCUT2D eigenvalue weighted by Gasteiger charge is -2.10. The second-order valence-corrected chi connectivity index (χ2v) is 5.95. The lowest BCUT2D eigenvalue weighted by Crippen LogP contribution is -2.15. The maximum atomic E-state index is 11.4. The zero-order chi connectivity index (χ0) is 15.4. The van der Waals surface area contributed by atoms with Crippen molar-refractivity contribution in [2.24, 2.45) is 0 Å². The number of nitrogens with zero attached hydrogens (tertiary/aromatic N) is 2. The molecule has 1 aromatic carbocycles. The predicted octanol–water partition coefficient (Wildman–Crippen LogP) is 3.66. The summed E-state index contributed by atoms with van der Waals surface area (Å²) in [7, 11) is 0. The van der Waals surface area contributed by atoms with Gasteiger partial charge in [-0.15, -0.1) is 0 Å². The van der Waals surface area contributed by atoms with Crippen molar-refractivity contribution in [2.45, 2.75) is 20.3 Å². The van der Waals surface area contributed by atoms with Crippen LogP contribution in [0.2, 0.25) is 0 Å². The van der Waals surface area contributed by atoms with Crippen molar-refractivity contribution < 1.29 is 14.3 Å². The molecular weight excluding hydrogens is 404 g/mol. The first-order chi connectivity index (χ1) is 10.0. The van der Waals surface area contributed by atoms with Gasteiger partial charge >= 0.3 is 5.97 Å². The summed E-state index contributed by atoms with van der Waals surface area (Å²) in [6.45, 7) is 3.86. The third-order valence-corrected chi connectivity index (χ3v) is 3.74. The summed E-state index contributed by atoms with van der Waals surface area (Å²) < 4.78 is 12.1. The molecule has 0 bridgehead atoms. The molecule has 0 radical (unpaired) electrons. The van der Waals surface area contributed by atoms with Gasteiger partial charge in [0.1, 0.15) is 5.82 Å². The summed E-state index contributed by atoms with van der Waals surface area (Å²) in [5, 5.41) is 0.734. The standard InChI is InChI=1S/C14H14Br2N2O3/c1-3-11-17-13-9(5-8(15)6-10(13)16)14(18-11)21-7-12(19)20-4-2/h5-6H,3-4,7H2,1-2H3. The smallest absolute Gasteiger partial charge is 0.344 e. The molecule has 0 aliphatic heterocycles. The number of carbonyl (C=O) groups excluding carboxylic acids is 1. The normalized spacial score (nSPS) is 10.7. The molecule has 0 spiro atoms. The summed E-state index contributed by atoms with van der Waals surface area (Å²) >= 11 is 6.91. The Morgan fingerprint density at radius 2 is 2.00 bits per heavy atom. The van der Waals surface area contributed by atoms with Crippen molar-refractivity contribution in [1.82, 2.24) is 9.97 Å². The van der Waals surface area contributed by atoms with E-state index in [1.165, 1.54) is 0 Å². The number of carbonyl (C=O) groups is 1. The first-order valence-corrected chi connectivity index (χ1v) is 8.07. The Morgan fingerprint density at radius 1 is 1.24 bits per heavy atom. The Labute approximate surface area is 139 Å². The van der Waals surface area contributed by atoms with Gasteiger partial charge in [-0.25, -0.2) is 9.78 Å².